The first kappa shape index (κ1) is 11.5. The lowest BCUT2D eigenvalue weighted by Crippen LogP contribution is -2.26. The van der Waals surface area contributed by atoms with Crippen molar-refractivity contribution in [2.24, 2.45) is 0 Å². The summed E-state index contributed by atoms with van der Waals surface area (Å²) in [7, 11) is 0. The van der Waals surface area contributed by atoms with Crippen LogP contribution in [-0.2, 0) is 0 Å². The van der Waals surface area contributed by atoms with E-state index in [0.29, 0.717) is 5.56 Å². The Hall–Kier alpha value is -1.55. The number of rotatable bonds is 3. The van der Waals surface area contributed by atoms with Crippen LogP contribution in [0.5, 0.6) is 5.75 Å². The van der Waals surface area contributed by atoms with Gasteiger partial charge in [0.1, 0.15) is 5.75 Å². The molecule has 0 saturated heterocycles. The Bertz CT molecular complexity index is 374. The van der Waals surface area contributed by atoms with Crippen LogP contribution in [-0.4, -0.2) is 29.3 Å². The van der Waals surface area contributed by atoms with Gasteiger partial charge < -0.3 is 15.5 Å². The fraction of sp³-hybridized carbons (Fsp3) is 0.364. The van der Waals surface area contributed by atoms with Gasteiger partial charge in [-0.2, -0.15) is 0 Å². The molecule has 0 fully saturated rings. The second-order valence-electron chi connectivity index (χ2n) is 3.46. The maximum absolute atomic E-state index is 11.5. The standard InChI is InChI=1S/C11H15NO3/c1-7-5-8(2)10(14)9(6-7)11(15)12-3-4-13/h5-6,13-14H,3-4H2,1-2H3,(H,12,15). The molecule has 0 atom stereocenters. The molecule has 0 heterocycles. The Morgan fingerprint density at radius 1 is 1.40 bits per heavy atom. The summed E-state index contributed by atoms with van der Waals surface area (Å²) in [4.78, 5) is 11.5. The van der Waals surface area contributed by atoms with Crippen molar-refractivity contribution in [1.29, 1.82) is 0 Å². The third-order valence-electron chi connectivity index (χ3n) is 2.09. The Labute approximate surface area is 88.6 Å². The van der Waals surface area contributed by atoms with Gasteiger partial charge in [-0.25, -0.2) is 0 Å². The smallest absolute Gasteiger partial charge is 0.255 e. The highest BCUT2D eigenvalue weighted by molar-refractivity contribution is 5.97. The molecule has 0 aliphatic carbocycles. The van der Waals surface area contributed by atoms with Gasteiger partial charge in [-0.1, -0.05) is 6.07 Å². The Kier molecular flexibility index (Phi) is 3.68. The van der Waals surface area contributed by atoms with E-state index in [9.17, 15) is 9.90 Å². The predicted molar refractivity (Wildman–Crippen MR) is 57.0 cm³/mol. The number of aromatic hydroxyl groups is 1. The third-order valence-corrected chi connectivity index (χ3v) is 2.09. The molecular weight excluding hydrogens is 194 g/mol. The molecule has 82 valence electrons. The lowest BCUT2D eigenvalue weighted by atomic mass is 10.1. The SMILES string of the molecule is Cc1cc(C)c(O)c(C(=O)NCCO)c1. The average Bonchev–Trinajstić information content (AvgIpc) is 2.19. The van der Waals surface area contributed by atoms with E-state index in [2.05, 4.69) is 5.32 Å². The largest absolute Gasteiger partial charge is 0.507 e. The molecule has 1 rings (SSSR count). The van der Waals surface area contributed by atoms with Crippen LogP contribution < -0.4 is 5.32 Å². The first-order chi connectivity index (χ1) is 7.06. The molecular formula is C11H15NO3. The summed E-state index contributed by atoms with van der Waals surface area (Å²) in [6.45, 7) is 3.67. The Morgan fingerprint density at radius 2 is 2.07 bits per heavy atom. The molecule has 0 aromatic heterocycles. The van der Waals surface area contributed by atoms with Gasteiger partial charge in [-0.15, -0.1) is 0 Å². The van der Waals surface area contributed by atoms with E-state index < -0.39 is 0 Å². The first-order valence-electron chi connectivity index (χ1n) is 4.75. The molecule has 1 aromatic carbocycles. The van der Waals surface area contributed by atoms with Crippen molar-refractivity contribution >= 4 is 5.91 Å². The number of hydrogen-bond acceptors (Lipinski definition) is 3. The van der Waals surface area contributed by atoms with E-state index in [-0.39, 0.29) is 30.4 Å². The number of carbonyl (C=O) groups is 1. The minimum Gasteiger partial charge on any atom is -0.507 e. The number of nitrogens with one attached hydrogen (secondary N) is 1. The average molecular weight is 209 g/mol. The van der Waals surface area contributed by atoms with Crippen LogP contribution in [0.15, 0.2) is 12.1 Å². The molecule has 0 bridgehead atoms. The number of benzene rings is 1. The normalized spacial score (nSPS) is 10.1. The minimum atomic E-state index is -0.367. The van der Waals surface area contributed by atoms with Gasteiger partial charge >= 0.3 is 0 Å². The number of aliphatic hydroxyl groups is 1. The summed E-state index contributed by atoms with van der Waals surface area (Å²) in [6, 6.07) is 3.42. The van der Waals surface area contributed by atoms with Crippen LogP contribution in [0.1, 0.15) is 21.5 Å². The second-order valence-corrected chi connectivity index (χ2v) is 3.46. The van der Waals surface area contributed by atoms with Crippen molar-refractivity contribution in [2.45, 2.75) is 13.8 Å². The second kappa shape index (κ2) is 4.79. The van der Waals surface area contributed by atoms with Crippen molar-refractivity contribution in [1.82, 2.24) is 5.32 Å². The Balaban J connectivity index is 2.98. The van der Waals surface area contributed by atoms with Crippen LogP contribution >= 0.6 is 0 Å². The topological polar surface area (TPSA) is 69.6 Å². The van der Waals surface area contributed by atoms with Gasteiger partial charge in [-0.3, -0.25) is 4.79 Å². The lowest BCUT2D eigenvalue weighted by molar-refractivity contribution is 0.0942. The molecule has 4 heteroatoms. The van der Waals surface area contributed by atoms with E-state index in [0.717, 1.165) is 5.56 Å². The van der Waals surface area contributed by atoms with Crippen LogP contribution in [0.2, 0.25) is 0 Å². The molecule has 0 saturated carbocycles. The van der Waals surface area contributed by atoms with Gasteiger partial charge in [0, 0.05) is 6.54 Å². The maximum atomic E-state index is 11.5. The molecule has 0 spiro atoms. The van der Waals surface area contributed by atoms with Crippen LogP contribution in [0.3, 0.4) is 0 Å². The molecule has 0 aliphatic rings. The van der Waals surface area contributed by atoms with Gasteiger partial charge in [-0.05, 0) is 31.0 Å². The maximum Gasteiger partial charge on any atom is 0.255 e. The van der Waals surface area contributed by atoms with Gasteiger partial charge in [0.05, 0.1) is 12.2 Å². The number of phenols is 1. The quantitative estimate of drug-likeness (QED) is 0.687. The van der Waals surface area contributed by atoms with Crippen LogP contribution in [0.25, 0.3) is 0 Å². The summed E-state index contributed by atoms with van der Waals surface area (Å²) in [5.74, 6) is -0.371. The van der Waals surface area contributed by atoms with Gasteiger partial charge in [0.25, 0.3) is 5.91 Å². The number of hydrogen-bond donors (Lipinski definition) is 3. The van der Waals surface area contributed by atoms with Crippen molar-refractivity contribution in [3.63, 3.8) is 0 Å². The van der Waals surface area contributed by atoms with Crippen molar-refractivity contribution < 1.29 is 15.0 Å². The fourth-order valence-corrected chi connectivity index (χ4v) is 1.40. The van der Waals surface area contributed by atoms with E-state index in [1.54, 1.807) is 19.1 Å². The summed E-state index contributed by atoms with van der Waals surface area (Å²) in [5, 5.41) is 20.7. The number of aliphatic hydroxyl groups excluding tert-OH is 1. The van der Waals surface area contributed by atoms with E-state index in [4.69, 9.17) is 5.11 Å². The zero-order chi connectivity index (χ0) is 11.4. The number of amides is 1. The van der Waals surface area contributed by atoms with Gasteiger partial charge in [0.2, 0.25) is 0 Å². The molecule has 0 unspecified atom stereocenters. The highest BCUT2D eigenvalue weighted by atomic mass is 16.3. The van der Waals surface area contributed by atoms with E-state index in [1.165, 1.54) is 0 Å². The summed E-state index contributed by atoms with van der Waals surface area (Å²) in [5.41, 5.74) is 1.84. The first-order valence-corrected chi connectivity index (χ1v) is 4.75. The monoisotopic (exact) mass is 209 g/mol. The summed E-state index contributed by atoms with van der Waals surface area (Å²) < 4.78 is 0. The number of carbonyl (C=O) groups excluding carboxylic acids is 1. The molecule has 0 aliphatic heterocycles. The zero-order valence-corrected chi connectivity index (χ0v) is 8.87. The van der Waals surface area contributed by atoms with Crippen LogP contribution in [0.4, 0.5) is 0 Å². The highest BCUT2D eigenvalue weighted by Gasteiger charge is 2.12. The van der Waals surface area contributed by atoms with Crippen molar-refractivity contribution in [3.05, 3.63) is 28.8 Å². The predicted octanol–water partition coefficient (Wildman–Crippen LogP) is 0.731. The fourth-order valence-electron chi connectivity index (χ4n) is 1.40. The molecule has 3 N–H and O–H groups in total. The van der Waals surface area contributed by atoms with E-state index in [1.807, 2.05) is 6.92 Å². The number of aryl methyl sites for hydroxylation is 2. The Morgan fingerprint density at radius 3 is 2.67 bits per heavy atom. The number of phenolic OH excluding ortho intramolecular Hbond substituents is 1. The summed E-state index contributed by atoms with van der Waals surface area (Å²) in [6.07, 6.45) is 0. The highest BCUT2D eigenvalue weighted by Crippen LogP contribution is 2.23. The molecule has 0 radical (unpaired) electrons. The van der Waals surface area contributed by atoms with Crippen molar-refractivity contribution in [3.8, 4) is 5.75 Å². The molecule has 1 aromatic rings. The minimum absolute atomic E-state index is 0.00367. The lowest BCUT2D eigenvalue weighted by Gasteiger charge is -2.08. The van der Waals surface area contributed by atoms with E-state index >= 15 is 0 Å². The molecule has 15 heavy (non-hydrogen) atoms. The van der Waals surface area contributed by atoms with Crippen LogP contribution in [0, 0.1) is 13.8 Å². The third kappa shape index (κ3) is 2.70. The van der Waals surface area contributed by atoms with Crippen molar-refractivity contribution in [2.75, 3.05) is 13.2 Å². The summed E-state index contributed by atoms with van der Waals surface area (Å²) >= 11 is 0. The molecule has 1 amide bonds. The van der Waals surface area contributed by atoms with Gasteiger partial charge in [0.15, 0.2) is 0 Å². The zero-order valence-electron chi connectivity index (χ0n) is 8.87. The molecule has 4 nitrogen and oxygen atoms in total.